The summed E-state index contributed by atoms with van der Waals surface area (Å²) in [7, 11) is 0. The summed E-state index contributed by atoms with van der Waals surface area (Å²) >= 11 is 0. The van der Waals surface area contributed by atoms with E-state index in [4.69, 9.17) is 17.2 Å². The van der Waals surface area contributed by atoms with Gasteiger partial charge in [-0.2, -0.15) is 0 Å². The van der Waals surface area contributed by atoms with E-state index < -0.39 is 158 Å². The van der Waals surface area contributed by atoms with Gasteiger partial charge in [0, 0.05) is 19.4 Å². The molecule has 0 aliphatic carbocycles. The number of carbonyl (C=O) groups is 12. The number of hydrogen-bond donors (Lipinski definition) is 15. The molecule has 1 aromatic rings. The van der Waals surface area contributed by atoms with E-state index in [0.717, 1.165) is 11.8 Å². The van der Waals surface area contributed by atoms with Crippen LogP contribution < -0.4 is 59.7 Å². The van der Waals surface area contributed by atoms with E-state index in [1.165, 1.54) is 0 Å². The van der Waals surface area contributed by atoms with Gasteiger partial charge in [0.2, 0.25) is 65.0 Å². The quantitative estimate of drug-likeness (QED) is 0.0319. The largest absolute Gasteiger partial charge is 0.480 e. The minimum absolute atomic E-state index is 0.00908. The van der Waals surface area contributed by atoms with Crippen molar-refractivity contribution in [2.45, 2.75) is 146 Å². The zero-order valence-electron chi connectivity index (χ0n) is 42.7. The van der Waals surface area contributed by atoms with Crippen molar-refractivity contribution in [2.24, 2.45) is 29.0 Å². The van der Waals surface area contributed by atoms with E-state index in [9.17, 15) is 78.0 Å². The minimum atomic E-state index is -1.87. The third-order valence-corrected chi connectivity index (χ3v) is 11.6. The number of primary amides is 2. The fourth-order valence-corrected chi connectivity index (χ4v) is 7.83. The zero-order valence-corrected chi connectivity index (χ0v) is 42.7. The number of aliphatic hydroxyl groups excluding tert-OH is 3. The fourth-order valence-electron chi connectivity index (χ4n) is 7.83. The number of rotatable bonds is 32. The van der Waals surface area contributed by atoms with Crippen LogP contribution in [0.4, 0.5) is 0 Å². The number of nitrogens with two attached hydrogens (primary N) is 3. The molecule has 1 aliphatic rings. The van der Waals surface area contributed by atoms with Crippen LogP contribution in [0.5, 0.6) is 0 Å². The maximum Gasteiger partial charge on any atom is 0.326 e. The van der Waals surface area contributed by atoms with Gasteiger partial charge in [-0.05, 0) is 56.4 Å². The number of carboxylic acids is 1. The third-order valence-electron chi connectivity index (χ3n) is 11.6. The lowest BCUT2D eigenvalue weighted by Gasteiger charge is -2.30. The van der Waals surface area contributed by atoms with E-state index in [1.807, 2.05) is 0 Å². The molecule has 28 nitrogen and oxygen atoms in total. The number of carbonyl (C=O) groups excluding carboxylic acids is 11. The van der Waals surface area contributed by atoms with Crippen LogP contribution in [0.3, 0.4) is 0 Å². The topological polar surface area (TPSA) is 463 Å². The van der Waals surface area contributed by atoms with E-state index in [-0.39, 0.29) is 56.9 Å². The maximum atomic E-state index is 14.0. The van der Waals surface area contributed by atoms with Crippen molar-refractivity contribution in [1.82, 2.24) is 47.4 Å². The molecule has 11 amide bonds. The van der Waals surface area contributed by atoms with Gasteiger partial charge in [0.25, 0.3) is 0 Å². The number of aliphatic hydroxyl groups is 3. The summed E-state index contributed by atoms with van der Waals surface area (Å²) < 4.78 is 0. The molecule has 18 N–H and O–H groups in total. The molecule has 418 valence electrons. The van der Waals surface area contributed by atoms with Crippen molar-refractivity contribution in [3.05, 3.63) is 35.9 Å². The van der Waals surface area contributed by atoms with Crippen LogP contribution in [-0.4, -0.2) is 183 Å². The SMILES string of the molecule is CC(C)C[C@H](NC(=O)[C@H](CC(C)C)NC(=O)[C@H](CO)NC(=O)[C@@H](NC(=O)[C@H](Cc1ccccc1)NC(=O)[C@H](CO)NC(=O)[C@@H]1CCCN1C(=O)[C@H](CCC(N)=O)NC(=O)CN)[C@@H](C)O)C(=O)N[C@@H](CC(N)=O)C(=O)O. The molecular weight excluding hydrogens is 989 g/mol. The highest BCUT2D eigenvalue weighted by molar-refractivity contribution is 5.99. The second-order valence-electron chi connectivity index (χ2n) is 18.9. The van der Waals surface area contributed by atoms with Crippen LogP contribution in [0.1, 0.15) is 85.1 Å². The highest BCUT2D eigenvalue weighted by Gasteiger charge is 2.40. The summed E-state index contributed by atoms with van der Waals surface area (Å²) in [5.41, 5.74) is 16.3. The standard InChI is InChI=1S/C47H74N12O16/c1-23(2)16-28(39(66)52-29(17-24(3)4)40(67)55-31(47(74)75)19-36(50)64)53-43(70)33(22-61)57-45(72)38(25(5)62)58-41(68)30(18-26-10-7-6-8-11-26)54-42(69)32(21-60)56-44(71)34-12-9-15-59(34)46(73)27(13-14-35(49)63)51-37(65)20-48/h6-8,10-11,23-25,27-34,38,60-62H,9,12-22,48H2,1-5H3,(H2,49,63)(H2,50,64)(H,51,65)(H,52,66)(H,53,70)(H,54,69)(H,55,67)(H,56,71)(H,57,72)(H,58,68)(H,74,75)/t25-,27+,28+,29+,30+,31+,32+,33+,34+,38+/m1/s1. The van der Waals surface area contributed by atoms with Gasteiger partial charge >= 0.3 is 5.97 Å². The Hall–Kier alpha value is -7.30. The number of nitrogens with one attached hydrogen (secondary N) is 8. The summed E-state index contributed by atoms with van der Waals surface area (Å²) in [4.78, 5) is 157. The molecule has 75 heavy (non-hydrogen) atoms. The molecular formula is C47H74N12O16. The number of carboxylic acid groups (broad SMARTS) is 1. The van der Waals surface area contributed by atoms with Gasteiger partial charge in [0.05, 0.1) is 32.3 Å². The van der Waals surface area contributed by atoms with Gasteiger partial charge in [-0.15, -0.1) is 0 Å². The van der Waals surface area contributed by atoms with Crippen LogP contribution in [0, 0.1) is 11.8 Å². The third kappa shape index (κ3) is 21.6. The summed E-state index contributed by atoms with van der Waals surface area (Å²) in [6.07, 6.45) is -2.78. The average Bonchev–Trinajstić information content (AvgIpc) is 3.84. The molecule has 0 aromatic heterocycles. The van der Waals surface area contributed by atoms with E-state index in [2.05, 4.69) is 42.5 Å². The molecule has 0 radical (unpaired) electrons. The molecule has 0 bridgehead atoms. The molecule has 1 aromatic carbocycles. The smallest absolute Gasteiger partial charge is 0.326 e. The van der Waals surface area contributed by atoms with Crippen molar-refractivity contribution in [3.63, 3.8) is 0 Å². The van der Waals surface area contributed by atoms with Gasteiger partial charge in [-0.3, -0.25) is 52.7 Å². The first-order chi connectivity index (χ1) is 35.2. The summed E-state index contributed by atoms with van der Waals surface area (Å²) in [5.74, 6) is -12.5. The first kappa shape index (κ1) is 63.8. The molecule has 0 unspecified atom stereocenters. The molecule has 1 fully saturated rings. The summed E-state index contributed by atoms with van der Waals surface area (Å²) in [6, 6.07) is -5.77. The molecule has 1 saturated heterocycles. The molecule has 0 saturated carbocycles. The van der Waals surface area contributed by atoms with Gasteiger partial charge < -0.3 is 85.1 Å². The highest BCUT2D eigenvalue weighted by atomic mass is 16.4. The number of aliphatic carboxylic acids is 1. The molecule has 0 spiro atoms. The predicted octanol–water partition coefficient (Wildman–Crippen LogP) is -6.26. The Labute approximate surface area is 433 Å². The van der Waals surface area contributed by atoms with Crippen molar-refractivity contribution in [3.8, 4) is 0 Å². The first-order valence-electron chi connectivity index (χ1n) is 24.4. The van der Waals surface area contributed by atoms with Gasteiger partial charge in [-0.25, -0.2) is 4.79 Å². The Morgan fingerprint density at radius 3 is 1.56 bits per heavy atom. The second-order valence-corrected chi connectivity index (χ2v) is 18.9. The molecule has 1 aliphatic heterocycles. The summed E-state index contributed by atoms with van der Waals surface area (Å²) in [6.45, 7) is 5.45. The Morgan fingerprint density at radius 1 is 0.613 bits per heavy atom. The van der Waals surface area contributed by atoms with Gasteiger partial charge in [0.15, 0.2) is 0 Å². The lowest BCUT2D eigenvalue weighted by atomic mass is 9.99. The van der Waals surface area contributed by atoms with E-state index in [0.29, 0.717) is 12.0 Å². The van der Waals surface area contributed by atoms with Crippen LogP contribution in [0.25, 0.3) is 0 Å². The van der Waals surface area contributed by atoms with Crippen LogP contribution >= 0.6 is 0 Å². The van der Waals surface area contributed by atoms with E-state index >= 15 is 0 Å². The Morgan fingerprint density at radius 2 is 1.09 bits per heavy atom. The van der Waals surface area contributed by atoms with Gasteiger partial charge in [-0.1, -0.05) is 58.0 Å². The lowest BCUT2D eigenvalue weighted by Crippen LogP contribution is -2.63. The van der Waals surface area contributed by atoms with Crippen LogP contribution in [0.15, 0.2) is 30.3 Å². The lowest BCUT2D eigenvalue weighted by molar-refractivity contribution is -0.144. The number of hydrogen-bond acceptors (Lipinski definition) is 16. The normalized spacial score (nSPS) is 16.8. The van der Waals surface area contributed by atoms with Crippen molar-refractivity contribution < 1.29 is 78.0 Å². The fraction of sp³-hybridized carbons (Fsp3) is 0.617. The minimum Gasteiger partial charge on any atom is -0.480 e. The molecule has 1 heterocycles. The maximum absolute atomic E-state index is 14.0. The number of nitrogens with zero attached hydrogens (tertiary/aromatic N) is 1. The molecule has 10 atom stereocenters. The molecule has 2 rings (SSSR count). The van der Waals surface area contributed by atoms with Crippen LogP contribution in [-0.2, 0) is 64.0 Å². The Balaban J connectivity index is 2.31. The van der Waals surface area contributed by atoms with Crippen molar-refractivity contribution in [2.75, 3.05) is 26.3 Å². The van der Waals surface area contributed by atoms with Crippen molar-refractivity contribution >= 4 is 70.9 Å². The summed E-state index contributed by atoms with van der Waals surface area (Å²) in [5, 5.41) is 59.7. The van der Waals surface area contributed by atoms with Gasteiger partial charge in [0.1, 0.15) is 54.4 Å². The zero-order chi connectivity index (χ0) is 56.7. The Kier molecular flexibility index (Phi) is 26.7. The van der Waals surface area contributed by atoms with E-state index in [1.54, 1.807) is 58.0 Å². The number of likely N-dealkylation sites (tertiary alicyclic amines) is 1. The highest BCUT2D eigenvalue weighted by Crippen LogP contribution is 2.20. The predicted molar refractivity (Wildman–Crippen MR) is 264 cm³/mol. The first-order valence-corrected chi connectivity index (χ1v) is 24.4. The van der Waals surface area contributed by atoms with Crippen molar-refractivity contribution in [1.29, 1.82) is 0 Å². The number of amides is 11. The Bertz CT molecular complexity index is 2180. The monoisotopic (exact) mass is 1060 g/mol. The average molecular weight is 1060 g/mol. The second kappa shape index (κ2) is 31.4. The number of benzene rings is 1. The molecule has 28 heteroatoms. The van der Waals surface area contributed by atoms with Crippen LogP contribution in [0.2, 0.25) is 0 Å².